The van der Waals surface area contributed by atoms with Crippen LogP contribution in [-0.2, 0) is 0 Å². The van der Waals surface area contributed by atoms with Crippen molar-refractivity contribution in [3.63, 3.8) is 0 Å². The minimum atomic E-state index is 1.24. The molecule has 164 valence electrons. The van der Waals surface area contributed by atoms with Gasteiger partial charge in [-0.25, -0.2) is 0 Å². The summed E-state index contributed by atoms with van der Waals surface area (Å²) in [7, 11) is 0. The second kappa shape index (κ2) is 8.30. The van der Waals surface area contributed by atoms with Crippen molar-refractivity contribution >= 4 is 44.5 Å². The Kier molecular flexibility index (Phi) is 4.82. The van der Waals surface area contributed by atoms with Crippen LogP contribution < -0.4 is 0 Å². The second-order valence-electron chi connectivity index (χ2n) is 8.97. The third-order valence-electron chi connectivity index (χ3n) is 6.86. The summed E-state index contributed by atoms with van der Waals surface area (Å²) in [5, 5.41) is 5.05. The molecule has 0 saturated heterocycles. The Bertz CT molecular complexity index is 1640. The molecule has 6 aromatic carbocycles. The molecule has 0 aliphatic carbocycles. The zero-order valence-electron chi connectivity index (χ0n) is 19.1. The van der Waals surface area contributed by atoms with E-state index in [1.165, 1.54) is 64.7 Å². The first kappa shape index (κ1) is 20.3. The van der Waals surface area contributed by atoms with Gasteiger partial charge >= 0.3 is 0 Å². The van der Waals surface area contributed by atoms with E-state index < -0.39 is 0 Å². The van der Waals surface area contributed by atoms with E-state index in [9.17, 15) is 0 Å². The van der Waals surface area contributed by atoms with Gasteiger partial charge in [-0.05, 0) is 79.2 Å². The minimum absolute atomic E-state index is 1.24. The molecule has 0 unspecified atom stereocenters. The Balaban J connectivity index is 1.62. The maximum atomic E-state index is 2.35. The van der Waals surface area contributed by atoms with Crippen LogP contribution in [0.4, 0.5) is 0 Å². The second-order valence-corrected chi connectivity index (χ2v) is 10.1. The van der Waals surface area contributed by atoms with Crippen molar-refractivity contribution in [1.29, 1.82) is 0 Å². The molecule has 0 aromatic heterocycles. The van der Waals surface area contributed by atoms with E-state index >= 15 is 0 Å². The first-order valence-electron chi connectivity index (χ1n) is 11.9. The summed E-state index contributed by atoms with van der Waals surface area (Å²) in [6.07, 6.45) is 0. The van der Waals surface area contributed by atoms with Gasteiger partial charge in [0.05, 0.1) is 0 Å². The molecule has 0 N–H and O–H groups in total. The highest BCUT2D eigenvalue weighted by molar-refractivity contribution is 7.99. The van der Waals surface area contributed by atoms with Crippen LogP contribution in [-0.4, -0.2) is 0 Å². The third kappa shape index (κ3) is 3.48. The molecule has 0 atom stereocenters. The number of fused-ring (bicyclic) bond motifs is 4. The van der Waals surface area contributed by atoms with Crippen molar-refractivity contribution in [2.45, 2.75) is 9.79 Å². The Morgan fingerprint density at radius 3 is 1.34 bits per heavy atom. The highest BCUT2D eigenvalue weighted by atomic mass is 32.2. The van der Waals surface area contributed by atoms with Crippen molar-refractivity contribution in [1.82, 2.24) is 0 Å². The molecular weight excluding hydrogens is 440 g/mol. The highest BCUT2D eigenvalue weighted by Crippen LogP contribution is 2.49. The summed E-state index contributed by atoms with van der Waals surface area (Å²) >= 11 is 1.86. The molecule has 1 heteroatoms. The Morgan fingerprint density at radius 1 is 0.400 bits per heavy atom. The molecular formula is C34H22S. The van der Waals surface area contributed by atoms with Gasteiger partial charge in [-0.15, -0.1) is 0 Å². The van der Waals surface area contributed by atoms with Crippen LogP contribution in [0.3, 0.4) is 0 Å². The van der Waals surface area contributed by atoms with E-state index in [2.05, 4.69) is 133 Å². The lowest BCUT2D eigenvalue weighted by Gasteiger charge is -2.26. The van der Waals surface area contributed by atoms with E-state index in [0.29, 0.717) is 0 Å². The monoisotopic (exact) mass is 462 g/mol. The maximum Gasteiger partial charge on any atom is 0.0201 e. The van der Waals surface area contributed by atoms with Crippen molar-refractivity contribution in [2.24, 2.45) is 0 Å². The average Bonchev–Trinajstić information content (AvgIpc) is 2.92. The highest BCUT2D eigenvalue weighted by Gasteiger charge is 2.25. The zero-order chi connectivity index (χ0) is 23.2. The van der Waals surface area contributed by atoms with Crippen LogP contribution in [0.1, 0.15) is 22.3 Å². The predicted molar refractivity (Wildman–Crippen MR) is 150 cm³/mol. The van der Waals surface area contributed by atoms with Gasteiger partial charge in [0.2, 0.25) is 0 Å². The van der Waals surface area contributed by atoms with E-state index in [4.69, 9.17) is 0 Å². The van der Waals surface area contributed by atoms with E-state index in [-0.39, 0.29) is 0 Å². The molecule has 0 nitrogen and oxygen atoms in total. The molecule has 6 aromatic rings. The van der Waals surface area contributed by atoms with Crippen molar-refractivity contribution in [3.8, 4) is 0 Å². The molecule has 0 saturated carbocycles. The topological polar surface area (TPSA) is 0 Å². The number of hydrogen-bond acceptors (Lipinski definition) is 1. The summed E-state index contributed by atoms with van der Waals surface area (Å²) in [6, 6.07) is 48.6. The van der Waals surface area contributed by atoms with Crippen molar-refractivity contribution in [3.05, 3.63) is 156 Å². The van der Waals surface area contributed by atoms with Crippen molar-refractivity contribution in [2.75, 3.05) is 0 Å². The molecule has 7 rings (SSSR count). The quantitative estimate of drug-likeness (QED) is 0.246. The first-order valence-corrected chi connectivity index (χ1v) is 12.8. The van der Waals surface area contributed by atoms with Crippen LogP contribution in [0.15, 0.2) is 143 Å². The smallest absolute Gasteiger partial charge is 0.0201 e. The summed E-state index contributed by atoms with van der Waals surface area (Å²) in [5.41, 5.74) is 7.67. The molecule has 0 radical (unpaired) electrons. The first-order chi connectivity index (χ1) is 17.3. The third-order valence-corrected chi connectivity index (χ3v) is 8.01. The van der Waals surface area contributed by atoms with Crippen LogP contribution in [0.2, 0.25) is 0 Å². The van der Waals surface area contributed by atoms with Crippen LogP contribution in [0.5, 0.6) is 0 Å². The number of hydrogen-bond donors (Lipinski definition) is 0. The van der Waals surface area contributed by atoms with Gasteiger partial charge in [-0.2, -0.15) is 0 Å². The fourth-order valence-electron chi connectivity index (χ4n) is 5.20. The van der Waals surface area contributed by atoms with Gasteiger partial charge in [0.1, 0.15) is 0 Å². The van der Waals surface area contributed by atoms with Crippen LogP contribution in [0, 0.1) is 0 Å². The SMILES string of the molecule is c1ccc2c(c1)Sc1ccccc1C2=C(c1ccc2ccccc2c1)c1ccc2ccccc2c1. The molecule has 0 bridgehead atoms. The van der Waals surface area contributed by atoms with Gasteiger partial charge < -0.3 is 0 Å². The Labute approximate surface area is 209 Å². The molecule has 0 fully saturated rings. The summed E-state index contributed by atoms with van der Waals surface area (Å²) in [4.78, 5) is 2.61. The lowest BCUT2D eigenvalue weighted by Crippen LogP contribution is -2.03. The predicted octanol–water partition coefficient (Wildman–Crippen LogP) is 9.46. The fourth-order valence-corrected chi connectivity index (χ4v) is 6.29. The standard InChI is InChI=1S/C34H22S/c1-3-11-25-21-27(19-17-23(25)9-1)33(28-20-18-24-10-2-4-12-26(24)22-28)34-29-13-5-7-15-31(29)35-32-16-8-6-14-30(32)34/h1-22H. The Hall–Kier alpha value is -4.07. The lowest BCUT2D eigenvalue weighted by atomic mass is 9.84. The van der Waals surface area contributed by atoms with Gasteiger partial charge in [-0.1, -0.05) is 121 Å². The Morgan fingerprint density at radius 2 is 0.829 bits per heavy atom. The number of rotatable bonds is 2. The van der Waals surface area contributed by atoms with Crippen molar-refractivity contribution < 1.29 is 0 Å². The van der Waals surface area contributed by atoms with E-state index in [1.54, 1.807) is 0 Å². The molecule has 0 spiro atoms. The number of benzene rings is 6. The molecule has 1 aliphatic heterocycles. The van der Waals surface area contributed by atoms with Gasteiger partial charge in [0.15, 0.2) is 0 Å². The zero-order valence-corrected chi connectivity index (χ0v) is 19.9. The van der Waals surface area contributed by atoms with Crippen LogP contribution in [0.25, 0.3) is 32.7 Å². The lowest BCUT2D eigenvalue weighted by molar-refractivity contribution is 1.29. The normalized spacial score (nSPS) is 12.4. The van der Waals surface area contributed by atoms with Gasteiger partial charge in [-0.3, -0.25) is 0 Å². The fraction of sp³-hybridized carbons (Fsp3) is 0. The maximum absolute atomic E-state index is 2.35. The van der Waals surface area contributed by atoms with Crippen LogP contribution >= 0.6 is 11.8 Å². The molecule has 1 heterocycles. The van der Waals surface area contributed by atoms with Gasteiger partial charge in [0, 0.05) is 9.79 Å². The average molecular weight is 463 g/mol. The van der Waals surface area contributed by atoms with Gasteiger partial charge in [0.25, 0.3) is 0 Å². The van der Waals surface area contributed by atoms with E-state index in [1.807, 2.05) is 11.8 Å². The summed E-state index contributed by atoms with van der Waals surface area (Å²) in [5.74, 6) is 0. The minimum Gasteiger partial charge on any atom is -0.0888 e. The summed E-state index contributed by atoms with van der Waals surface area (Å²) in [6.45, 7) is 0. The molecule has 0 amide bonds. The summed E-state index contributed by atoms with van der Waals surface area (Å²) < 4.78 is 0. The molecule has 1 aliphatic rings. The van der Waals surface area contributed by atoms with E-state index in [0.717, 1.165) is 0 Å². The largest absolute Gasteiger partial charge is 0.0888 e. The molecule has 35 heavy (non-hydrogen) atoms.